The van der Waals surface area contributed by atoms with Crippen LogP contribution in [0.2, 0.25) is 0 Å². The average Bonchev–Trinajstić information content (AvgIpc) is 2.79. The van der Waals surface area contributed by atoms with E-state index in [9.17, 15) is 4.79 Å². The number of carbonyl (C=O) groups is 1. The molecule has 0 atom stereocenters. The maximum atomic E-state index is 12.5. The van der Waals surface area contributed by atoms with Gasteiger partial charge in [0.1, 0.15) is 5.75 Å². The van der Waals surface area contributed by atoms with Crippen molar-refractivity contribution in [3.8, 4) is 5.75 Å². The standard InChI is InChI=1S/C27H27N3O2S/c1-5-32-24-11-10-20-8-6-7-9-21(20)23(24)15-28-30-26(31)16-33-25-14-19(4)29-27-18(3)12-17(2)13-22(25)27/h6-15H,5,16H2,1-4H3,(H,30,31). The average molecular weight is 458 g/mol. The molecule has 0 aliphatic heterocycles. The Morgan fingerprint density at radius 1 is 1.09 bits per heavy atom. The van der Waals surface area contributed by atoms with Crippen LogP contribution in [0.5, 0.6) is 5.75 Å². The number of pyridine rings is 1. The number of rotatable bonds is 7. The number of fused-ring (bicyclic) bond motifs is 2. The molecule has 33 heavy (non-hydrogen) atoms. The summed E-state index contributed by atoms with van der Waals surface area (Å²) in [5.74, 6) is 0.839. The highest BCUT2D eigenvalue weighted by Crippen LogP contribution is 2.30. The number of hydrogen-bond donors (Lipinski definition) is 1. The lowest BCUT2D eigenvalue weighted by molar-refractivity contribution is -0.118. The summed E-state index contributed by atoms with van der Waals surface area (Å²) < 4.78 is 5.77. The molecule has 0 saturated carbocycles. The second-order valence-corrected chi connectivity index (χ2v) is 8.97. The van der Waals surface area contributed by atoms with Gasteiger partial charge in [0.15, 0.2) is 0 Å². The first-order valence-electron chi connectivity index (χ1n) is 10.9. The largest absolute Gasteiger partial charge is 0.493 e. The SMILES string of the molecule is CCOc1ccc2ccccc2c1C=NNC(=O)CSc1cc(C)nc2c(C)cc(C)cc12. The van der Waals surface area contributed by atoms with Crippen molar-refractivity contribution >= 4 is 45.6 Å². The Bertz CT molecular complexity index is 1360. The lowest BCUT2D eigenvalue weighted by Crippen LogP contribution is -2.19. The molecule has 5 nitrogen and oxygen atoms in total. The molecular weight excluding hydrogens is 430 g/mol. The fraction of sp³-hybridized carbons (Fsp3) is 0.222. The van der Waals surface area contributed by atoms with Gasteiger partial charge in [0.25, 0.3) is 0 Å². The van der Waals surface area contributed by atoms with Crippen molar-refractivity contribution < 1.29 is 9.53 Å². The molecule has 0 unspecified atom stereocenters. The molecule has 6 heteroatoms. The quantitative estimate of drug-likeness (QED) is 0.211. The highest BCUT2D eigenvalue weighted by molar-refractivity contribution is 8.00. The number of nitrogens with one attached hydrogen (secondary N) is 1. The van der Waals surface area contributed by atoms with E-state index < -0.39 is 0 Å². The molecule has 4 rings (SSSR count). The molecule has 0 aliphatic carbocycles. The van der Waals surface area contributed by atoms with Crippen LogP contribution in [0.1, 0.15) is 29.3 Å². The molecular formula is C27H27N3O2S. The van der Waals surface area contributed by atoms with Gasteiger partial charge in [-0.05, 0) is 62.2 Å². The van der Waals surface area contributed by atoms with Crippen molar-refractivity contribution in [3.63, 3.8) is 0 Å². The number of hydrogen-bond acceptors (Lipinski definition) is 5. The van der Waals surface area contributed by atoms with Crippen molar-refractivity contribution in [1.82, 2.24) is 10.4 Å². The van der Waals surface area contributed by atoms with Crippen molar-refractivity contribution in [2.75, 3.05) is 12.4 Å². The number of amides is 1. The number of thioether (sulfide) groups is 1. The summed E-state index contributed by atoms with van der Waals surface area (Å²) in [6.07, 6.45) is 1.66. The van der Waals surface area contributed by atoms with Crippen LogP contribution in [0.4, 0.5) is 0 Å². The molecule has 4 aromatic rings. The Hall–Kier alpha value is -3.38. The lowest BCUT2D eigenvalue weighted by Gasteiger charge is -2.11. The number of carbonyl (C=O) groups excluding carboxylic acids is 1. The Labute approximate surface area is 198 Å². The minimum absolute atomic E-state index is 0.165. The number of hydrazone groups is 1. The number of benzene rings is 3. The van der Waals surface area contributed by atoms with Gasteiger partial charge in [-0.25, -0.2) is 5.43 Å². The molecule has 0 radical (unpaired) electrons. The van der Waals surface area contributed by atoms with Gasteiger partial charge in [-0.1, -0.05) is 42.0 Å². The van der Waals surface area contributed by atoms with Gasteiger partial charge in [-0.2, -0.15) is 5.10 Å². The summed E-state index contributed by atoms with van der Waals surface area (Å²) in [7, 11) is 0. The molecule has 1 heterocycles. The Balaban J connectivity index is 1.50. The molecule has 168 valence electrons. The van der Waals surface area contributed by atoms with Crippen LogP contribution < -0.4 is 10.2 Å². The first-order valence-corrected chi connectivity index (χ1v) is 11.9. The van der Waals surface area contributed by atoms with Gasteiger partial charge >= 0.3 is 0 Å². The zero-order chi connectivity index (χ0) is 23.4. The summed E-state index contributed by atoms with van der Waals surface area (Å²) in [5.41, 5.74) is 7.76. The first-order chi connectivity index (χ1) is 16.0. The number of aromatic nitrogens is 1. The summed E-state index contributed by atoms with van der Waals surface area (Å²) in [6.45, 7) is 8.63. The topological polar surface area (TPSA) is 63.6 Å². The first kappa shape index (κ1) is 22.8. The summed E-state index contributed by atoms with van der Waals surface area (Å²) in [5, 5.41) is 7.43. The van der Waals surface area contributed by atoms with Crippen LogP contribution in [0, 0.1) is 20.8 Å². The van der Waals surface area contributed by atoms with E-state index in [4.69, 9.17) is 4.74 Å². The molecule has 0 saturated heterocycles. The van der Waals surface area contributed by atoms with Gasteiger partial charge in [-0.3, -0.25) is 9.78 Å². The van der Waals surface area contributed by atoms with Gasteiger partial charge < -0.3 is 4.74 Å². The van der Waals surface area contributed by atoms with Crippen molar-refractivity contribution in [3.05, 3.63) is 77.0 Å². The van der Waals surface area contributed by atoms with Gasteiger partial charge in [0.2, 0.25) is 5.91 Å². The predicted octanol–water partition coefficient (Wildman–Crippen LogP) is 5.95. The van der Waals surface area contributed by atoms with Crippen LogP contribution >= 0.6 is 11.8 Å². The Morgan fingerprint density at radius 2 is 1.91 bits per heavy atom. The number of nitrogens with zero attached hydrogens (tertiary/aromatic N) is 2. The minimum atomic E-state index is -0.165. The molecule has 1 aromatic heterocycles. The van der Waals surface area contributed by atoms with Crippen LogP contribution in [0.15, 0.2) is 64.6 Å². The van der Waals surface area contributed by atoms with Crippen molar-refractivity contribution in [1.29, 1.82) is 0 Å². The summed E-state index contributed by atoms with van der Waals surface area (Å²) >= 11 is 1.50. The molecule has 0 aliphatic rings. The number of ether oxygens (including phenoxy) is 1. The minimum Gasteiger partial charge on any atom is -0.493 e. The van der Waals surface area contributed by atoms with Crippen LogP contribution in [-0.4, -0.2) is 29.5 Å². The van der Waals surface area contributed by atoms with Crippen molar-refractivity contribution in [2.45, 2.75) is 32.6 Å². The second kappa shape index (κ2) is 10.0. The smallest absolute Gasteiger partial charge is 0.250 e. The molecule has 0 spiro atoms. The summed E-state index contributed by atoms with van der Waals surface area (Å²) in [4.78, 5) is 18.3. The fourth-order valence-electron chi connectivity index (χ4n) is 3.93. The predicted molar refractivity (Wildman–Crippen MR) is 138 cm³/mol. The van der Waals surface area contributed by atoms with Gasteiger partial charge in [0.05, 0.1) is 24.1 Å². The normalized spacial score (nSPS) is 11.4. The third kappa shape index (κ3) is 5.17. The third-order valence-corrected chi connectivity index (χ3v) is 6.37. The van der Waals surface area contributed by atoms with E-state index in [1.54, 1.807) is 6.21 Å². The van der Waals surface area contributed by atoms with Gasteiger partial charge in [0, 0.05) is 21.5 Å². The maximum absolute atomic E-state index is 12.5. The van der Waals surface area contributed by atoms with E-state index in [0.717, 1.165) is 49.1 Å². The van der Waals surface area contributed by atoms with E-state index in [1.807, 2.05) is 56.3 Å². The Kier molecular flexibility index (Phi) is 6.94. The highest BCUT2D eigenvalue weighted by Gasteiger charge is 2.11. The van der Waals surface area contributed by atoms with E-state index in [2.05, 4.69) is 41.5 Å². The van der Waals surface area contributed by atoms with Gasteiger partial charge in [-0.15, -0.1) is 11.8 Å². The Morgan fingerprint density at radius 3 is 2.73 bits per heavy atom. The number of aryl methyl sites for hydroxylation is 3. The fourth-order valence-corrected chi connectivity index (χ4v) is 4.84. The van der Waals surface area contributed by atoms with E-state index in [-0.39, 0.29) is 11.7 Å². The van der Waals surface area contributed by atoms with E-state index in [1.165, 1.54) is 17.3 Å². The van der Waals surface area contributed by atoms with Crippen LogP contribution in [0.3, 0.4) is 0 Å². The zero-order valence-electron chi connectivity index (χ0n) is 19.3. The third-order valence-electron chi connectivity index (χ3n) is 5.31. The summed E-state index contributed by atoms with van der Waals surface area (Å²) in [6, 6.07) is 18.3. The van der Waals surface area contributed by atoms with E-state index >= 15 is 0 Å². The van der Waals surface area contributed by atoms with Crippen LogP contribution in [0.25, 0.3) is 21.7 Å². The zero-order valence-corrected chi connectivity index (χ0v) is 20.1. The van der Waals surface area contributed by atoms with E-state index in [0.29, 0.717) is 6.61 Å². The lowest BCUT2D eigenvalue weighted by atomic mass is 10.0. The highest BCUT2D eigenvalue weighted by atomic mass is 32.2. The molecule has 1 N–H and O–H groups in total. The molecule has 0 fully saturated rings. The monoisotopic (exact) mass is 457 g/mol. The molecule has 0 bridgehead atoms. The second-order valence-electron chi connectivity index (χ2n) is 7.95. The van der Waals surface area contributed by atoms with Crippen LogP contribution in [-0.2, 0) is 4.79 Å². The molecule has 1 amide bonds. The maximum Gasteiger partial charge on any atom is 0.250 e. The van der Waals surface area contributed by atoms with Crippen molar-refractivity contribution in [2.24, 2.45) is 5.10 Å². The molecule has 3 aromatic carbocycles.